The molecule has 0 radical (unpaired) electrons. The van der Waals surface area contributed by atoms with E-state index in [1.54, 1.807) is 17.0 Å². The molecule has 0 spiro atoms. The predicted molar refractivity (Wildman–Crippen MR) is 123 cm³/mol. The van der Waals surface area contributed by atoms with Crippen molar-refractivity contribution in [2.45, 2.75) is 38.4 Å². The Hall–Kier alpha value is -3.01. The number of amides is 1. The van der Waals surface area contributed by atoms with Gasteiger partial charge in [-0.25, -0.2) is 14.4 Å². The maximum atomic E-state index is 13.7. The molecule has 3 atom stereocenters. The van der Waals surface area contributed by atoms with Gasteiger partial charge < -0.3 is 9.64 Å². The smallest absolute Gasteiger partial charge is 0.417 e. The Labute approximate surface area is 203 Å². The second-order valence-corrected chi connectivity index (χ2v) is 10.2. The largest absolute Gasteiger partial charge is 0.475 e. The molecule has 1 aliphatic heterocycles. The molecule has 1 aliphatic carbocycles. The van der Waals surface area contributed by atoms with Gasteiger partial charge in [-0.1, -0.05) is 18.6 Å². The number of fused-ring (bicyclic) bond motifs is 1. The molecule has 0 bridgehead atoms. The maximum Gasteiger partial charge on any atom is 0.417 e. The van der Waals surface area contributed by atoms with Crippen LogP contribution in [0, 0.1) is 24.6 Å². The molecule has 5 nitrogen and oxygen atoms in total. The van der Waals surface area contributed by atoms with Crippen molar-refractivity contribution in [3.05, 3.63) is 64.7 Å². The van der Waals surface area contributed by atoms with Crippen molar-refractivity contribution in [1.29, 1.82) is 0 Å². The second-order valence-electron chi connectivity index (χ2n) is 8.99. The lowest BCUT2D eigenvalue weighted by atomic mass is 9.94. The molecule has 2 aromatic heterocycles. The fourth-order valence-electron chi connectivity index (χ4n) is 5.17. The van der Waals surface area contributed by atoms with Gasteiger partial charge in [-0.3, -0.25) is 4.79 Å². The van der Waals surface area contributed by atoms with Crippen LogP contribution in [0.2, 0.25) is 0 Å². The van der Waals surface area contributed by atoms with E-state index in [0.29, 0.717) is 23.0 Å². The third-order valence-electron chi connectivity index (χ3n) is 6.81. The number of aromatic nitrogens is 2. The first-order valence-corrected chi connectivity index (χ1v) is 12.2. The number of carbonyl (C=O) groups is 1. The molecule has 35 heavy (non-hydrogen) atoms. The molecule has 2 fully saturated rings. The van der Waals surface area contributed by atoms with E-state index in [9.17, 15) is 22.4 Å². The average Bonchev–Trinajstić information content (AvgIpc) is 3.52. The number of halogens is 4. The Balaban J connectivity index is 1.38. The van der Waals surface area contributed by atoms with Gasteiger partial charge in [0.2, 0.25) is 5.88 Å². The van der Waals surface area contributed by atoms with Crippen LogP contribution in [-0.4, -0.2) is 40.0 Å². The van der Waals surface area contributed by atoms with Crippen molar-refractivity contribution in [3.8, 4) is 16.3 Å². The van der Waals surface area contributed by atoms with Crippen molar-refractivity contribution in [3.63, 3.8) is 0 Å². The summed E-state index contributed by atoms with van der Waals surface area (Å²) in [5, 5.41) is 0.730. The zero-order valence-corrected chi connectivity index (χ0v) is 19.7. The lowest BCUT2D eigenvalue weighted by Crippen LogP contribution is -2.42. The highest BCUT2D eigenvalue weighted by Crippen LogP contribution is 2.43. The number of rotatable bonds is 5. The van der Waals surface area contributed by atoms with E-state index >= 15 is 0 Å². The van der Waals surface area contributed by atoms with Crippen LogP contribution in [0.1, 0.15) is 40.3 Å². The van der Waals surface area contributed by atoms with Crippen LogP contribution >= 0.6 is 11.3 Å². The third-order valence-corrected chi connectivity index (χ3v) is 7.83. The highest BCUT2D eigenvalue weighted by molar-refractivity contribution is 7.15. The van der Waals surface area contributed by atoms with Crippen molar-refractivity contribution in [2.24, 2.45) is 11.8 Å². The molecule has 184 valence electrons. The lowest BCUT2D eigenvalue weighted by Gasteiger charge is -2.27. The summed E-state index contributed by atoms with van der Waals surface area (Å²) in [7, 11) is 0. The van der Waals surface area contributed by atoms with E-state index in [-0.39, 0.29) is 36.2 Å². The number of hydrogen-bond acceptors (Lipinski definition) is 5. The van der Waals surface area contributed by atoms with Crippen LogP contribution in [0.4, 0.5) is 17.6 Å². The van der Waals surface area contributed by atoms with Gasteiger partial charge in [0.1, 0.15) is 18.1 Å². The van der Waals surface area contributed by atoms with E-state index in [2.05, 4.69) is 9.97 Å². The van der Waals surface area contributed by atoms with Crippen molar-refractivity contribution >= 4 is 17.2 Å². The first-order chi connectivity index (χ1) is 16.7. The number of benzene rings is 1. The summed E-state index contributed by atoms with van der Waals surface area (Å²) in [6, 6.07) is 7.88. The molecular weight excluding hydrogens is 482 g/mol. The van der Waals surface area contributed by atoms with Gasteiger partial charge in [0.25, 0.3) is 5.91 Å². The van der Waals surface area contributed by atoms with Crippen LogP contribution in [0.5, 0.6) is 5.88 Å². The van der Waals surface area contributed by atoms with Gasteiger partial charge in [0.15, 0.2) is 0 Å². The minimum atomic E-state index is -4.47. The van der Waals surface area contributed by atoms with Crippen molar-refractivity contribution < 1.29 is 27.1 Å². The minimum absolute atomic E-state index is 0.0864. The monoisotopic (exact) mass is 505 g/mol. The van der Waals surface area contributed by atoms with Crippen LogP contribution in [-0.2, 0) is 6.18 Å². The Kier molecular flexibility index (Phi) is 6.25. The molecule has 10 heteroatoms. The number of thiazole rings is 1. The summed E-state index contributed by atoms with van der Waals surface area (Å²) in [6.45, 7) is 2.54. The molecule has 5 rings (SSSR count). The fraction of sp³-hybridized carbons (Fsp3) is 0.400. The molecule has 3 heterocycles. The van der Waals surface area contributed by atoms with Gasteiger partial charge in [0.05, 0.1) is 21.5 Å². The second kappa shape index (κ2) is 9.22. The summed E-state index contributed by atoms with van der Waals surface area (Å²) in [4.78, 5) is 24.5. The number of aryl methyl sites for hydroxylation is 1. The van der Waals surface area contributed by atoms with E-state index in [4.69, 9.17) is 4.74 Å². The van der Waals surface area contributed by atoms with Crippen LogP contribution in [0.25, 0.3) is 10.4 Å². The number of nitrogens with zero attached hydrogens (tertiary/aromatic N) is 3. The first-order valence-electron chi connectivity index (χ1n) is 11.4. The molecule has 0 N–H and O–H groups in total. The standard InChI is InChI=1S/C25H23F4N3O2S/c1-14-31-22(23(35-14)15-5-8-18(26)9-6-15)24(33)32-12-16-3-2-4-19(16)20(32)13-34-21-10-7-17(11-30-21)25(27,28)29/h5-11,16,19-20H,2-4,12-13H2,1H3. The lowest BCUT2D eigenvalue weighted by molar-refractivity contribution is -0.137. The molecule has 3 unspecified atom stereocenters. The number of alkyl halides is 3. The predicted octanol–water partition coefficient (Wildman–Crippen LogP) is 5.99. The minimum Gasteiger partial charge on any atom is -0.475 e. The van der Waals surface area contributed by atoms with Gasteiger partial charge in [0, 0.05) is 18.8 Å². The van der Waals surface area contributed by atoms with E-state index in [1.165, 1.54) is 29.5 Å². The van der Waals surface area contributed by atoms with Gasteiger partial charge in [-0.05, 0) is 55.4 Å². The number of pyridine rings is 1. The molecule has 1 saturated carbocycles. The van der Waals surface area contributed by atoms with Gasteiger partial charge >= 0.3 is 6.18 Å². The highest BCUT2D eigenvalue weighted by atomic mass is 32.1. The van der Waals surface area contributed by atoms with Crippen LogP contribution in [0.3, 0.4) is 0 Å². The summed E-state index contributed by atoms with van der Waals surface area (Å²) in [6.07, 6.45) is -0.666. The van der Waals surface area contributed by atoms with Crippen LogP contribution in [0.15, 0.2) is 42.6 Å². The van der Waals surface area contributed by atoms with E-state index in [0.717, 1.165) is 42.1 Å². The van der Waals surface area contributed by atoms with Gasteiger partial charge in [-0.15, -0.1) is 11.3 Å². The molecule has 1 aromatic carbocycles. The Morgan fingerprint density at radius 3 is 2.63 bits per heavy atom. The normalized spacial score (nSPS) is 21.9. The summed E-state index contributed by atoms with van der Waals surface area (Å²) in [5.74, 6) is 0.120. The number of likely N-dealkylation sites (tertiary alicyclic amines) is 1. The summed E-state index contributed by atoms with van der Waals surface area (Å²) in [5.41, 5.74) is 0.212. The molecular formula is C25H23F4N3O2S. The zero-order chi connectivity index (χ0) is 24.7. The summed E-state index contributed by atoms with van der Waals surface area (Å²) >= 11 is 1.38. The number of carbonyl (C=O) groups excluding carboxylic acids is 1. The topological polar surface area (TPSA) is 55.3 Å². The summed E-state index contributed by atoms with van der Waals surface area (Å²) < 4.78 is 57.7. The molecule has 1 amide bonds. The maximum absolute atomic E-state index is 13.7. The average molecular weight is 506 g/mol. The van der Waals surface area contributed by atoms with Crippen molar-refractivity contribution in [2.75, 3.05) is 13.2 Å². The van der Waals surface area contributed by atoms with Gasteiger partial charge in [-0.2, -0.15) is 13.2 Å². The van der Waals surface area contributed by atoms with E-state index < -0.39 is 11.7 Å². The molecule has 1 saturated heterocycles. The number of hydrogen-bond donors (Lipinski definition) is 0. The molecule has 2 aliphatic rings. The molecule has 3 aromatic rings. The highest BCUT2D eigenvalue weighted by Gasteiger charge is 2.47. The number of ether oxygens (including phenoxy) is 1. The van der Waals surface area contributed by atoms with E-state index in [1.807, 2.05) is 6.92 Å². The Bertz CT molecular complexity index is 1210. The quantitative estimate of drug-likeness (QED) is 0.400. The first kappa shape index (κ1) is 23.7. The third kappa shape index (κ3) is 4.76. The van der Waals surface area contributed by atoms with Crippen LogP contribution < -0.4 is 4.74 Å². The Morgan fingerprint density at radius 1 is 1.17 bits per heavy atom. The zero-order valence-electron chi connectivity index (χ0n) is 18.9. The SMILES string of the molecule is Cc1nc(C(=O)N2CC3CCCC3C2COc2ccc(C(F)(F)F)cn2)c(-c2ccc(F)cc2)s1. The van der Waals surface area contributed by atoms with Crippen molar-refractivity contribution in [1.82, 2.24) is 14.9 Å². The Morgan fingerprint density at radius 2 is 1.94 bits per heavy atom. The fourth-order valence-corrected chi connectivity index (χ4v) is 6.09.